The summed E-state index contributed by atoms with van der Waals surface area (Å²) in [4.78, 5) is 37.2. The van der Waals surface area contributed by atoms with Crippen LogP contribution in [0.5, 0.6) is 0 Å². The molecule has 2 aromatic heterocycles. The normalized spacial score (nSPS) is 18.8. The average Bonchev–Trinajstić information content (AvgIpc) is 3.48. The predicted octanol–water partition coefficient (Wildman–Crippen LogP) is 2.05. The molecule has 13 heteroatoms. The SMILES string of the molecule is Cc1nn(C2CCS(=O)(=O)C2)c(Cl)c1C=CC(=O)OCC(=O)Nc1sc2c(c1C(N)=O)CCC2. The van der Waals surface area contributed by atoms with Crippen molar-refractivity contribution in [2.24, 2.45) is 5.73 Å². The lowest BCUT2D eigenvalue weighted by Gasteiger charge is -2.09. The summed E-state index contributed by atoms with van der Waals surface area (Å²) in [5.41, 5.74) is 7.68. The Bertz CT molecular complexity index is 1310. The quantitative estimate of drug-likeness (QED) is 0.414. The van der Waals surface area contributed by atoms with E-state index in [0.29, 0.717) is 28.2 Å². The average molecular weight is 527 g/mol. The lowest BCUT2D eigenvalue weighted by Crippen LogP contribution is -2.22. The minimum Gasteiger partial charge on any atom is -0.452 e. The number of aryl methyl sites for hydroxylation is 2. The van der Waals surface area contributed by atoms with Crippen LogP contribution in [-0.2, 0) is 37.0 Å². The van der Waals surface area contributed by atoms with Gasteiger partial charge in [0.25, 0.3) is 11.8 Å². The van der Waals surface area contributed by atoms with Crippen LogP contribution in [0.4, 0.5) is 5.00 Å². The van der Waals surface area contributed by atoms with Gasteiger partial charge in [-0.05, 0) is 44.2 Å². The molecule has 1 aliphatic heterocycles. The third kappa shape index (κ3) is 5.03. The molecule has 0 spiro atoms. The van der Waals surface area contributed by atoms with Crippen molar-refractivity contribution >= 4 is 61.6 Å². The number of primary amides is 1. The first-order valence-electron chi connectivity index (χ1n) is 10.6. The second kappa shape index (κ2) is 9.51. The van der Waals surface area contributed by atoms with E-state index in [1.54, 1.807) is 6.92 Å². The Kier molecular flexibility index (Phi) is 6.83. The topological polar surface area (TPSA) is 150 Å². The summed E-state index contributed by atoms with van der Waals surface area (Å²) < 4.78 is 30.0. The fourth-order valence-corrected chi connectivity index (χ4v) is 7.56. The van der Waals surface area contributed by atoms with Crippen molar-refractivity contribution in [1.82, 2.24) is 9.78 Å². The van der Waals surface area contributed by atoms with E-state index in [1.807, 2.05) is 0 Å². The highest BCUT2D eigenvalue weighted by molar-refractivity contribution is 7.91. The third-order valence-electron chi connectivity index (χ3n) is 5.78. The van der Waals surface area contributed by atoms with Gasteiger partial charge in [0.2, 0.25) is 0 Å². The highest BCUT2D eigenvalue weighted by Crippen LogP contribution is 2.38. The lowest BCUT2D eigenvalue weighted by atomic mass is 10.1. The van der Waals surface area contributed by atoms with Gasteiger partial charge < -0.3 is 15.8 Å². The molecular formula is C21H23ClN4O6S2. The maximum atomic E-state index is 12.3. The van der Waals surface area contributed by atoms with E-state index < -0.39 is 34.2 Å². The van der Waals surface area contributed by atoms with Gasteiger partial charge in [0, 0.05) is 16.5 Å². The maximum Gasteiger partial charge on any atom is 0.331 e. The number of nitrogens with two attached hydrogens (primary N) is 1. The van der Waals surface area contributed by atoms with Crippen molar-refractivity contribution in [2.45, 2.75) is 38.6 Å². The Morgan fingerprint density at radius 3 is 2.79 bits per heavy atom. The number of carbonyl (C=O) groups is 3. The summed E-state index contributed by atoms with van der Waals surface area (Å²) in [6, 6.07) is -0.349. The zero-order chi connectivity index (χ0) is 24.6. The number of anilines is 1. The van der Waals surface area contributed by atoms with Gasteiger partial charge in [-0.25, -0.2) is 17.9 Å². The summed E-state index contributed by atoms with van der Waals surface area (Å²) >= 11 is 7.69. The van der Waals surface area contributed by atoms with Crippen LogP contribution in [0, 0.1) is 6.92 Å². The number of halogens is 1. The highest BCUT2D eigenvalue weighted by atomic mass is 35.5. The fourth-order valence-electron chi connectivity index (χ4n) is 4.18. The number of rotatable bonds is 7. The number of esters is 1. The second-order valence-electron chi connectivity index (χ2n) is 8.21. The minimum absolute atomic E-state index is 0.0289. The van der Waals surface area contributed by atoms with E-state index in [0.717, 1.165) is 35.8 Å². The molecule has 1 unspecified atom stereocenters. The van der Waals surface area contributed by atoms with Gasteiger partial charge in [-0.3, -0.25) is 9.59 Å². The molecule has 0 aromatic carbocycles. The number of nitrogens with zero attached hydrogens (tertiary/aromatic N) is 2. The van der Waals surface area contributed by atoms with Gasteiger partial charge in [0.1, 0.15) is 10.2 Å². The van der Waals surface area contributed by atoms with Crippen LogP contribution in [-0.4, -0.2) is 54.1 Å². The number of ether oxygens (including phenoxy) is 1. The molecule has 10 nitrogen and oxygen atoms in total. The molecule has 2 aliphatic rings. The summed E-state index contributed by atoms with van der Waals surface area (Å²) in [5, 5.41) is 7.52. The molecular weight excluding hydrogens is 504 g/mol. The first-order valence-corrected chi connectivity index (χ1v) is 13.6. The number of amides is 2. The molecule has 2 aromatic rings. The predicted molar refractivity (Wildman–Crippen MR) is 128 cm³/mol. The second-order valence-corrected chi connectivity index (χ2v) is 11.9. The monoisotopic (exact) mass is 526 g/mol. The van der Waals surface area contributed by atoms with Crippen molar-refractivity contribution < 1.29 is 27.5 Å². The Morgan fingerprint density at radius 2 is 2.12 bits per heavy atom. The Balaban J connectivity index is 1.35. The van der Waals surface area contributed by atoms with Gasteiger partial charge in [-0.1, -0.05) is 11.6 Å². The summed E-state index contributed by atoms with van der Waals surface area (Å²) in [6.07, 6.45) is 5.49. The van der Waals surface area contributed by atoms with Crippen LogP contribution in [0.3, 0.4) is 0 Å². The van der Waals surface area contributed by atoms with E-state index in [9.17, 15) is 22.8 Å². The molecule has 3 heterocycles. The Hall–Kier alpha value is -2.70. The van der Waals surface area contributed by atoms with Crippen LogP contribution < -0.4 is 11.1 Å². The number of aromatic nitrogens is 2. The molecule has 182 valence electrons. The van der Waals surface area contributed by atoms with Crippen molar-refractivity contribution in [3.05, 3.63) is 38.5 Å². The Morgan fingerprint density at radius 1 is 1.35 bits per heavy atom. The molecule has 0 saturated carbocycles. The van der Waals surface area contributed by atoms with Crippen LogP contribution in [0.15, 0.2) is 6.08 Å². The van der Waals surface area contributed by atoms with Crippen LogP contribution >= 0.6 is 22.9 Å². The fraction of sp³-hybridized carbons (Fsp3) is 0.429. The van der Waals surface area contributed by atoms with Crippen LogP contribution in [0.2, 0.25) is 5.15 Å². The number of carbonyl (C=O) groups excluding carboxylic acids is 3. The minimum atomic E-state index is -3.11. The van der Waals surface area contributed by atoms with E-state index in [-0.39, 0.29) is 22.7 Å². The third-order valence-corrected chi connectivity index (χ3v) is 9.11. The number of sulfone groups is 1. The Labute approximate surface area is 205 Å². The molecule has 0 radical (unpaired) electrons. The number of hydrogen-bond acceptors (Lipinski definition) is 8. The van der Waals surface area contributed by atoms with E-state index in [2.05, 4.69) is 10.4 Å². The standard InChI is InChI=1S/C21H23ClN4O6S2/c1-11-13(19(22)26(25-11)12-7-8-34(30,31)10-12)5-6-17(28)32-9-16(27)24-21-18(20(23)29)14-3-2-4-15(14)33-21/h5-6,12H,2-4,7-10H2,1H3,(H2,23,29)(H,24,27). The van der Waals surface area contributed by atoms with E-state index in [1.165, 1.54) is 22.1 Å². The van der Waals surface area contributed by atoms with Gasteiger partial charge >= 0.3 is 5.97 Å². The number of hydrogen-bond donors (Lipinski definition) is 2. The molecule has 34 heavy (non-hydrogen) atoms. The van der Waals surface area contributed by atoms with Crippen molar-refractivity contribution in [3.63, 3.8) is 0 Å². The number of thiophene rings is 1. The summed E-state index contributed by atoms with van der Waals surface area (Å²) in [6.45, 7) is 1.15. The molecule has 1 saturated heterocycles. The first kappa shape index (κ1) is 24.4. The maximum absolute atomic E-state index is 12.3. The smallest absolute Gasteiger partial charge is 0.331 e. The van der Waals surface area contributed by atoms with Crippen LogP contribution in [0.1, 0.15) is 50.9 Å². The summed E-state index contributed by atoms with van der Waals surface area (Å²) in [5.74, 6) is -1.91. The number of nitrogens with one attached hydrogen (secondary N) is 1. The lowest BCUT2D eigenvalue weighted by molar-refractivity contribution is -0.142. The molecule has 2 amide bonds. The number of fused-ring (bicyclic) bond motifs is 1. The largest absolute Gasteiger partial charge is 0.452 e. The molecule has 3 N–H and O–H groups in total. The van der Waals surface area contributed by atoms with Crippen molar-refractivity contribution in [3.8, 4) is 0 Å². The molecule has 1 atom stereocenters. The van der Waals surface area contributed by atoms with E-state index >= 15 is 0 Å². The highest BCUT2D eigenvalue weighted by Gasteiger charge is 2.32. The van der Waals surface area contributed by atoms with Gasteiger partial charge in [-0.2, -0.15) is 5.10 Å². The van der Waals surface area contributed by atoms with Crippen molar-refractivity contribution in [2.75, 3.05) is 23.4 Å². The zero-order valence-corrected chi connectivity index (χ0v) is 20.7. The van der Waals surface area contributed by atoms with Crippen LogP contribution in [0.25, 0.3) is 6.08 Å². The zero-order valence-electron chi connectivity index (χ0n) is 18.3. The van der Waals surface area contributed by atoms with Gasteiger partial charge in [0.15, 0.2) is 16.4 Å². The molecule has 1 fully saturated rings. The van der Waals surface area contributed by atoms with E-state index in [4.69, 9.17) is 22.1 Å². The molecule has 0 bridgehead atoms. The van der Waals surface area contributed by atoms with Gasteiger partial charge in [0.05, 0.1) is 28.8 Å². The van der Waals surface area contributed by atoms with Gasteiger partial charge in [-0.15, -0.1) is 11.3 Å². The first-order chi connectivity index (χ1) is 16.1. The van der Waals surface area contributed by atoms with Crippen molar-refractivity contribution in [1.29, 1.82) is 0 Å². The molecule has 4 rings (SSSR count). The summed E-state index contributed by atoms with van der Waals surface area (Å²) in [7, 11) is -3.11. The molecule has 1 aliphatic carbocycles.